The van der Waals surface area contributed by atoms with Crippen molar-refractivity contribution in [2.45, 2.75) is 57.5 Å². The van der Waals surface area contributed by atoms with E-state index in [9.17, 15) is 4.79 Å². The van der Waals surface area contributed by atoms with E-state index in [1.54, 1.807) is 6.20 Å². The lowest BCUT2D eigenvalue weighted by molar-refractivity contribution is -0.139. The molecular formula is C21H24N6O2. The first kappa shape index (κ1) is 18.0. The van der Waals surface area contributed by atoms with Gasteiger partial charge in [0.05, 0.1) is 5.92 Å². The fraction of sp³-hybridized carbons (Fsp3) is 0.476. The normalized spacial score (nSPS) is 22.3. The lowest BCUT2D eigenvalue weighted by Gasteiger charge is -2.39. The fourth-order valence-electron chi connectivity index (χ4n) is 4.37. The first-order valence-electron chi connectivity index (χ1n) is 10.1. The summed E-state index contributed by atoms with van der Waals surface area (Å²) in [7, 11) is 1.96. The van der Waals surface area contributed by atoms with E-state index < -0.39 is 0 Å². The summed E-state index contributed by atoms with van der Waals surface area (Å²) in [5, 5.41) is 4.21. The van der Waals surface area contributed by atoms with Crippen LogP contribution in [0.1, 0.15) is 60.6 Å². The Morgan fingerprint density at radius 1 is 1.14 bits per heavy atom. The van der Waals surface area contributed by atoms with E-state index in [2.05, 4.69) is 15.1 Å². The second kappa shape index (κ2) is 6.79. The van der Waals surface area contributed by atoms with Crippen molar-refractivity contribution in [3.05, 3.63) is 47.5 Å². The molecule has 3 aromatic heterocycles. The molecule has 0 aromatic carbocycles. The number of aryl methyl sites for hydroxylation is 3. The number of pyridine rings is 1. The summed E-state index contributed by atoms with van der Waals surface area (Å²) in [6.07, 6.45) is 6.93. The van der Waals surface area contributed by atoms with Crippen LogP contribution in [0, 0.1) is 13.8 Å². The van der Waals surface area contributed by atoms with Gasteiger partial charge in [-0.15, -0.1) is 0 Å². The number of piperidine rings is 1. The third-order valence-corrected chi connectivity index (χ3v) is 5.79. The number of carbonyl (C=O) groups is 1. The van der Waals surface area contributed by atoms with Gasteiger partial charge in [0.25, 0.3) is 0 Å². The fourth-order valence-corrected chi connectivity index (χ4v) is 4.37. The number of hydrogen-bond donors (Lipinski definition) is 0. The van der Waals surface area contributed by atoms with Crippen molar-refractivity contribution >= 4 is 5.91 Å². The highest BCUT2D eigenvalue weighted by Gasteiger charge is 2.47. The molecule has 4 heterocycles. The largest absolute Gasteiger partial charge is 0.339 e. The standard InChI is InChI=1S/C21H24N6O2/c1-12-10-13(2)23-16(11-12)19-24-21(29-25-19)15-6-7-17(28)27(14-4-5-14)18(15)20-22-8-9-26(20)3/h8-11,14-15,18H,4-7H2,1-3H3/t15-,18-/m0/s1. The van der Waals surface area contributed by atoms with Crippen LogP contribution in [0.4, 0.5) is 0 Å². The molecule has 150 valence electrons. The van der Waals surface area contributed by atoms with Gasteiger partial charge in [0, 0.05) is 37.6 Å². The van der Waals surface area contributed by atoms with Crippen molar-refractivity contribution in [3.63, 3.8) is 0 Å². The lowest BCUT2D eigenvalue weighted by Crippen LogP contribution is -2.44. The summed E-state index contributed by atoms with van der Waals surface area (Å²) in [5.41, 5.74) is 2.73. The number of amides is 1. The van der Waals surface area contributed by atoms with Gasteiger partial charge in [-0.25, -0.2) is 9.97 Å². The van der Waals surface area contributed by atoms with Crippen LogP contribution in [0.5, 0.6) is 0 Å². The smallest absolute Gasteiger partial charge is 0.232 e. The van der Waals surface area contributed by atoms with Gasteiger partial charge in [-0.2, -0.15) is 4.98 Å². The van der Waals surface area contributed by atoms with Crippen LogP contribution < -0.4 is 0 Å². The molecular weight excluding hydrogens is 368 g/mol. The van der Waals surface area contributed by atoms with Crippen molar-refractivity contribution in [1.29, 1.82) is 0 Å². The lowest BCUT2D eigenvalue weighted by atomic mass is 9.87. The van der Waals surface area contributed by atoms with Crippen LogP contribution in [0.15, 0.2) is 29.0 Å². The minimum absolute atomic E-state index is 0.0819. The van der Waals surface area contributed by atoms with E-state index in [4.69, 9.17) is 9.51 Å². The first-order chi connectivity index (χ1) is 14.0. The molecule has 2 atom stereocenters. The Bertz CT molecular complexity index is 1050. The van der Waals surface area contributed by atoms with Gasteiger partial charge in [-0.05, 0) is 50.8 Å². The second-order valence-corrected chi connectivity index (χ2v) is 8.15. The maximum Gasteiger partial charge on any atom is 0.232 e. The number of carbonyl (C=O) groups excluding carboxylic acids is 1. The van der Waals surface area contributed by atoms with Crippen molar-refractivity contribution < 1.29 is 9.32 Å². The highest BCUT2D eigenvalue weighted by molar-refractivity contribution is 5.78. The average molecular weight is 392 g/mol. The Morgan fingerprint density at radius 2 is 1.97 bits per heavy atom. The van der Waals surface area contributed by atoms with Crippen LogP contribution in [0.25, 0.3) is 11.5 Å². The minimum atomic E-state index is -0.191. The van der Waals surface area contributed by atoms with E-state index in [0.29, 0.717) is 30.3 Å². The van der Waals surface area contributed by atoms with Gasteiger partial charge in [-0.3, -0.25) is 4.79 Å². The topological polar surface area (TPSA) is 89.9 Å². The molecule has 0 bridgehead atoms. The highest BCUT2D eigenvalue weighted by atomic mass is 16.5. The summed E-state index contributed by atoms with van der Waals surface area (Å²) < 4.78 is 7.69. The number of nitrogens with zero attached hydrogens (tertiary/aromatic N) is 6. The second-order valence-electron chi connectivity index (χ2n) is 8.15. The quantitative estimate of drug-likeness (QED) is 0.678. The number of likely N-dealkylation sites (tertiary alicyclic amines) is 1. The van der Waals surface area contributed by atoms with Crippen molar-refractivity contribution in [1.82, 2.24) is 29.6 Å². The van der Waals surface area contributed by atoms with Gasteiger partial charge < -0.3 is 14.0 Å². The molecule has 3 aromatic rings. The van der Waals surface area contributed by atoms with Gasteiger partial charge in [0.15, 0.2) is 0 Å². The van der Waals surface area contributed by atoms with E-state index in [1.807, 2.05) is 48.7 Å². The maximum absolute atomic E-state index is 12.8. The minimum Gasteiger partial charge on any atom is -0.339 e. The monoisotopic (exact) mass is 392 g/mol. The number of imidazole rings is 1. The van der Waals surface area contributed by atoms with Crippen molar-refractivity contribution in [2.24, 2.45) is 7.05 Å². The molecule has 0 unspecified atom stereocenters. The Kier molecular flexibility index (Phi) is 4.22. The zero-order chi connectivity index (χ0) is 20.1. The van der Waals surface area contributed by atoms with Gasteiger partial charge >= 0.3 is 0 Å². The number of hydrogen-bond acceptors (Lipinski definition) is 6. The molecule has 8 nitrogen and oxygen atoms in total. The zero-order valence-electron chi connectivity index (χ0n) is 16.9. The zero-order valence-corrected chi connectivity index (χ0v) is 16.9. The van der Waals surface area contributed by atoms with Crippen LogP contribution in [-0.2, 0) is 11.8 Å². The molecule has 0 spiro atoms. The number of aromatic nitrogens is 5. The molecule has 5 rings (SSSR count). The Morgan fingerprint density at radius 3 is 2.66 bits per heavy atom. The molecule has 1 saturated carbocycles. The van der Waals surface area contributed by atoms with E-state index >= 15 is 0 Å². The summed E-state index contributed by atoms with van der Waals surface area (Å²) >= 11 is 0. The first-order valence-corrected chi connectivity index (χ1v) is 10.1. The number of rotatable bonds is 4. The molecule has 1 saturated heterocycles. The summed E-state index contributed by atoms with van der Waals surface area (Å²) in [5.74, 6) is 2.00. The molecule has 8 heteroatoms. The Labute approximate surface area is 169 Å². The molecule has 1 aliphatic heterocycles. The van der Waals surface area contributed by atoms with Crippen LogP contribution >= 0.6 is 0 Å². The van der Waals surface area contributed by atoms with Crippen LogP contribution in [-0.4, -0.2) is 41.5 Å². The molecule has 2 fully saturated rings. The average Bonchev–Trinajstić information content (AvgIpc) is 3.22. The molecule has 2 aliphatic rings. The van der Waals surface area contributed by atoms with Crippen molar-refractivity contribution in [3.8, 4) is 11.5 Å². The predicted octanol–water partition coefficient (Wildman–Crippen LogP) is 3.09. The predicted molar refractivity (Wildman–Crippen MR) is 105 cm³/mol. The van der Waals surface area contributed by atoms with E-state index in [0.717, 1.165) is 29.9 Å². The summed E-state index contributed by atoms with van der Waals surface area (Å²) in [6.45, 7) is 3.98. The molecule has 0 radical (unpaired) electrons. The SMILES string of the molecule is Cc1cc(C)nc(-c2noc([C@H]3CCC(=O)N(C4CC4)[C@@H]3c3nccn3C)n2)c1. The summed E-state index contributed by atoms with van der Waals surface area (Å²) in [4.78, 5) is 28.6. The van der Waals surface area contributed by atoms with Crippen LogP contribution in [0.3, 0.4) is 0 Å². The Hall–Kier alpha value is -3.03. The summed E-state index contributed by atoms with van der Waals surface area (Å²) in [6, 6.07) is 4.07. The maximum atomic E-state index is 12.8. The molecule has 1 amide bonds. The molecule has 1 aliphatic carbocycles. The van der Waals surface area contributed by atoms with Gasteiger partial charge in [-0.1, -0.05) is 5.16 Å². The van der Waals surface area contributed by atoms with Crippen LogP contribution in [0.2, 0.25) is 0 Å². The Balaban J connectivity index is 1.54. The molecule has 0 N–H and O–H groups in total. The third-order valence-electron chi connectivity index (χ3n) is 5.79. The van der Waals surface area contributed by atoms with E-state index in [1.165, 1.54) is 0 Å². The third kappa shape index (κ3) is 3.22. The highest BCUT2D eigenvalue weighted by Crippen LogP contribution is 2.46. The molecule has 29 heavy (non-hydrogen) atoms. The van der Waals surface area contributed by atoms with Gasteiger partial charge in [0.2, 0.25) is 17.6 Å². The van der Waals surface area contributed by atoms with E-state index in [-0.39, 0.29) is 23.9 Å². The van der Waals surface area contributed by atoms with Gasteiger partial charge in [0.1, 0.15) is 17.6 Å². The van der Waals surface area contributed by atoms with Crippen molar-refractivity contribution in [2.75, 3.05) is 0 Å².